The smallest absolute Gasteiger partial charge is 0.171 e. The Morgan fingerprint density at radius 3 is 2.75 bits per heavy atom. The maximum absolute atomic E-state index is 13.6. The van der Waals surface area contributed by atoms with E-state index in [0.29, 0.717) is 11.8 Å². The predicted octanol–water partition coefficient (Wildman–Crippen LogP) is 1.67. The molecular formula is C10H7F2N3O. The lowest BCUT2D eigenvalue weighted by Gasteiger charge is -2.05. The van der Waals surface area contributed by atoms with Crippen molar-refractivity contribution in [2.24, 2.45) is 0 Å². The molecule has 1 heterocycles. The van der Waals surface area contributed by atoms with Crippen LogP contribution >= 0.6 is 0 Å². The van der Waals surface area contributed by atoms with Gasteiger partial charge in [-0.15, -0.1) is 5.10 Å². The summed E-state index contributed by atoms with van der Waals surface area (Å²) < 4.78 is 28.0. The summed E-state index contributed by atoms with van der Waals surface area (Å²) >= 11 is 0. The molecule has 0 amide bonds. The molecule has 0 aliphatic heterocycles. The molecule has 82 valence electrons. The molecule has 4 nitrogen and oxygen atoms in total. The van der Waals surface area contributed by atoms with Crippen LogP contribution in [0, 0.1) is 18.6 Å². The number of nitrogens with zero attached hydrogens (tertiary/aromatic N) is 3. The van der Waals surface area contributed by atoms with Crippen molar-refractivity contribution in [1.82, 2.24) is 15.0 Å². The van der Waals surface area contributed by atoms with Gasteiger partial charge in [0.1, 0.15) is 11.4 Å². The second kappa shape index (κ2) is 3.80. The first-order valence-electron chi connectivity index (χ1n) is 4.46. The molecule has 0 saturated carbocycles. The van der Waals surface area contributed by atoms with Crippen LogP contribution in [-0.4, -0.2) is 21.3 Å². The molecule has 16 heavy (non-hydrogen) atoms. The molecular weight excluding hydrogens is 216 g/mol. The van der Waals surface area contributed by atoms with Crippen LogP contribution in [0.15, 0.2) is 18.3 Å². The lowest BCUT2D eigenvalue weighted by molar-refractivity contribution is 0.111. The van der Waals surface area contributed by atoms with E-state index in [1.165, 1.54) is 13.0 Å². The number of carbonyl (C=O) groups is 1. The number of aromatic nitrogens is 3. The third-order valence-electron chi connectivity index (χ3n) is 2.12. The van der Waals surface area contributed by atoms with Gasteiger partial charge in [-0.05, 0) is 18.6 Å². The molecule has 0 fully saturated rings. The first kappa shape index (κ1) is 10.4. The minimum atomic E-state index is -0.759. The predicted molar refractivity (Wildman–Crippen MR) is 51.4 cm³/mol. The number of benzene rings is 1. The first-order chi connectivity index (χ1) is 7.63. The lowest BCUT2D eigenvalue weighted by atomic mass is 10.2. The molecule has 0 saturated heterocycles. The van der Waals surface area contributed by atoms with Gasteiger partial charge in [0.2, 0.25) is 0 Å². The molecule has 1 aromatic heterocycles. The van der Waals surface area contributed by atoms with Gasteiger partial charge in [-0.25, -0.2) is 13.5 Å². The van der Waals surface area contributed by atoms with Crippen molar-refractivity contribution in [1.29, 1.82) is 0 Å². The molecule has 1 aromatic carbocycles. The highest BCUT2D eigenvalue weighted by atomic mass is 19.1. The first-order valence-corrected chi connectivity index (χ1v) is 4.46. The van der Waals surface area contributed by atoms with Crippen LogP contribution in [0.3, 0.4) is 0 Å². The van der Waals surface area contributed by atoms with Crippen LogP contribution < -0.4 is 0 Å². The maximum Gasteiger partial charge on any atom is 0.171 e. The zero-order valence-corrected chi connectivity index (χ0v) is 8.32. The van der Waals surface area contributed by atoms with Gasteiger partial charge in [0.25, 0.3) is 0 Å². The van der Waals surface area contributed by atoms with Crippen LogP contribution in [0.2, 0.25) is 0 Å². The largest absolute Gasteiger partial charge is 0.296 e. The third-order valence-corrected chi connectivity index (χ3v) is 2.12. The lowest BCUT2D eigenvalue weighted by Crippen LogP contribution is -2.03. The van der Waals surface area contributed by atoms with Crippen molar-refractivity contribution < 1.29 is 13.6 Å². The molecule has 0 spiro atoms. The molecule has 0 aliphatic rings. The van der Waals surface area contributed by atoms with Crippen LogP contribution in [0.25, 0.3) is 5.69 Å². The Labute approximate surface area is 89.5 Å². The van der Waals surface area contributed by atoms with E-state index >= 15 is 0 Å². The number of halogens is 2. The highest BCUT2D eigenvalue weighted by Crippen LogP contribution is 2.19. The number of hydrogen-bond acceptors (Lipinski definition) is 3. The maximum atomic E-state index is 13.6. The molecule has 0 atom stereocenters. The Bertz CT molecular complexity index is 551. The Morgan fingerprint density at radius 2 is 2.12 bits per heavy atom. The summed E-state index contributed by atoms with van der Waals surface area (Å²) in [4.78, 5) is 10.4. The molecule has 0 N–H and O–H groups in total. The molecule has 0 unspecified atom stereocenters. The minimum absolute atomic E-state index is 0.0142. The van der Waals surface area contributed by atoms with Crippen molar-refractivity contribution in [3.05, 3.63) is 41.2 Å². The van der Waals surface area contributed by atoms with Crippen molar-refractivity contribution in [3.8, 4) is 5.69 Å². The van der Waals surface area contributed by atoms with E-state index in [-0.39, 0.29) is 11.4 Å². The van der Waals surface area contributed by atoms with Crippen LogP contribution in [0.4, 0.5) is 8.78 Å². The fraction of sp³-hybridized carbons (Fsp3) is 0.100. The summed E-state index contributed by atoms with van der Waals surface area (Å²) in [6.45, 7) is 1.51. The van der Waals surface area contributed by atoms with E-state index in [1.807, 2.05) is 0 Å². The molecule has 0 bridgehead atoms. The zero-order valence-electron chi connectivity index (χ0n) is 8.32. The van der Waals surface area contributed by atoms with E-state index in [4.69, 9.17) is 0 Å². The highest BCUT2D eigenvalue weighted by Gasteiger charge is 2.14. The quantitative estimate of drug-likeness (QED) is 0.727. The Hall–Kier alpha value is -2.11. The molecule has 2 rings (SSSR count). The van der Waals surface area contributed by atoms with Gasteiger partial charge in [0, 0.05) is 0 Å². The number of aldehydes is 1. The Kier molecular flexibility index (Phi) is 2.47. The molecule has 2 aromatic rings. The third kappa shape index (κ3) is 1.58. The van der Waals surface area contributed by atoms with E-state index in [1.54, 1.807) is 0 Å². The second-order valence-corrected chi connectivity index (χ2v) is 3.23. The summed E-state index contributed by atoms with van der Waals surface area (Å²) in [5.41, 5.74) is -0.0274. The van der Waals surface area contributed by atoms with E-state index < -0.39 is 11.6 Å². The number of rotatable bonds is 2. The van der Waals surface area contributed by atoms with Gasteiger partial charge in [0.05, 0.1) is 6.20 Å². The van der Waals surface area contributed by atoms with Gasteiger partial charge < -0.3 is 0 Å². The average Bonchev–Trinajstić information content (AvgIpc) is 2.73. The second-order valence-electron chi connectivity index (χ2n) is 3.23. The Balaban J connectivity index is 2.63. The topological polar surface area (TPSA) is 47.8 Å². The standard InChI is InChI=1S/C10H7F2N3O/c1-6-2-3-8(11)10(9(6)12)15-4-7(5-16)13-14-15/h2-5H,1H3. The normalized spacial score (nSPS) is 10.4. The number of aryl methyl sites for hydroxylation is 1. The summed E-state index contributed by atoms with van der Waals surface area (Å²) in [5.74, 6) is -1.48. The number of carbonyl (C=O) groups excluding carboxylic acids is 1. The van der Waals surface area contributed by atoms with Crippen molar-refractivity contribution in [3.63, 3.8) is 0 Å². The SMILES string of the molecule is Cc1ccc(F)c(-n2cc(C=O)nn2)c1F. The summed E-state index contributed by atoms with van der Waals surface area (Å²) in [5, 5.41) is 6.91. The number of hydrogen-bond donors (Lipinski definition) is 0. The van der Waals surface area contributed by atoms with Gasteiger partial charge in [-0.2, -0.15) is 0 Å². The van der Waals surface area contributed by atoms with Crippen molar-refractivity contribution >= 4 is 6.29 Å². The van der Waals surface area contributed by atoms with Gasteiger partial charge in [-0.3, -0.25) is 4.79 Å². The zero-order chi connectivity index (χ0) is 11.7. The van der Waals surface area contributed by atoms with E-state index in [0.717, 1.165) is 16.9 Å². The highest BCUT2D eigenvalue weighted by molar-refractivity contribution is 5.70. The van der Waals surface area contributed by atoms with Crippen molar-refractivity contribution in [2.45, 2.75) is 6.92 Å². The molecule has 6 heteroatoms. The summed E-state index contributed by atoms with van der Waals surface area (Å²) in [6.07, 6.45) is 1.61. The Morgan fingerprint density at radius 1 is 1.38 bits per heavy atom. The van der Waals surface area contributed by atoms with Crippen molar-refractivity contribution in [2.75, 3.05) is 0 Å². The van der Waals surface area contributed by atoms with Crippen LogP contribution in [0.1, 0.15) is 16.1 Å². The minimum Gasteiger partial charge on any atom is -0.296 e. The fourth-order valence-corrected chi connectivity index (χ4v) is 1.29. The fourth-order valence-electron chi connectivity index (χ4n) is 1.29. The summed E-state index contributed by atoms with van der Waals surface area (Å²) in [6, 6.07) is 2.46. The van der Waals surface area contributed by atoms with E-state index in [9.17, 15) is 13.6 Å². The van der Waals surface area contributed by atoms with Gasteiger partial charge in [-0.1, -0.05) is 11.3 Å². The van der Waals surface area contributed by atoms with Crippen LogP contribution in [-0.2, 0) is 0 Å². The van der Waals surface area contributed by atoms with E-state index in [2.05, 4.69) is 10.3 Å². The molecule has 0 aliphatic carbocycles. The van der Waals surface area contributed by atoms with Gasteiger partial charge >= 0.3 is 0 Å². The van der Waals surface area contributed by atoms with Gasteiger partial charge in [0.15, 0.2) is 17.9 Å². The summed E-state index contributed by atoms with van der Waals surface area (Å²) in [7, 11) is 0. The average molecular weight is 223 g/mol. The molecule has 0 radical (unpaired) electrons. The monoisotopic (exact) mass is 223 g/mol. The van der Waals surface area contributed by atoms with Crippen LogP contribution in [0.5, 0.6) is 0 Å².